The predicted molar refractivity (Wildman–Crippen MR) is 62.1 cm³/mol. The molecule has 0 atom stereocenters. The van der Waals surface area contributed by atoms with Crippen molar-refractivity contribution in [1.29, 1.82) is 0 Å². The molecule has 2 heterocycles. The first-order chi connectivity index (χ1) is 7.53. The van der Waals surface area contributed by atoms with Gasteiger partial charge in [0.25, 0.3) is 0 Å². The van der Waals surface area contributed by atoms with Gasteiger partial charge in [0.2, 0.25) is 0 Å². The number of hydrogen-bond acceptors (Lipinski definition) is 4. The maximum atomic E-state index is 11.3. The smallest absolute Gasteiger partial charge is 0.150 e. The molecule has 0 aliphatic carbocycles. The van der Waals surface area contributed by atoms with E-state index in [1.807, 2.05) is 0 Å². The van der Waals surface area contributed by atoms with E-state index >= 15 is 0 Å². The minimum Gasteiger partial charge on any atom is -0.326 e. The van der Waals surface area contributed by atoms with Crippen molar-refractivity contribution in [1.82, 2.24) is 9.78 Å². The first-order valence-corrected chi connectivity index (χ1v) is 7.36. The van der Waals surface area contributed by atoms with Crippen molar-refractivity contribution in [3.05, 3.63) is 16.9 Å². The van der Waals surface area contributed by atoms with E-state index in [1.165, 1.54) is 0 Å². The number of sulfone groups is 1. The van der Waals surface area contributed by atoms with E-state index in [9.17, 15) is 8.42 Å². The van der Waals surface area contributed by atoms with Crippen LogP contribution in [0.4, 0.5) is 0 Å². The van der Waals surface area contributed by atoms with Crippen LogP contribution in [0.15, 0.2) is 6.20 Å². The third kappa shape index (κ3) is 2.23. The number of nitrogens with two attached hydrogens (primary N) is 1. The zero-order valence-electron chi connectivity index (χ0n) is 8.76. The van der Waals surface area contributed by atoms with Crippen molar-refractivity contribution in [2.45, 2.75) is 25.4 Å². The summed E-state index contributed by atoms with van der Waals surface area (Å²) in [5.74, 6) is 0.428. The predicted octanol–water partition coefficient (Wildman–Crippen LogP) is 0.745. The summed E-state index contributed by atoms with van der Waals surface area (Å²) < 4.78 is 24.3. The molecule has 1 fully saturated rings. The lowest BCUT2D eigenvalue weighted by Gasteiger charge is -2.22. The van der Waals surface area contributed by atoms with Crippen LogP contribution in [0.2, 0.25) is 5.15 Å². The molecule has 1 aliphatic rings. The summed E-state index contributed by atoms with van der Waals surface area (Å²) in [6.45, 7) is 0.351. The van der Waals surface area contributed by atoms with Gasteiger partial charge in [0, 0.05) is 12.1 Å². The lowest BCUT2D eigenvalue weighted by Crippen LogP contribution is -2.26. The van der Waals surface area contributed by atoms with Crippen molar-refractivity contribution in [3.8, 4) is 0 Å². The number of halogens is 1. The second kappa shape index (κ2) is 4.35. The van der Waals surface area contributed by atoms with Gasteiger partial charge in [-0.25, -0.2) is 8.42 Å². The largest absolute Gasteiger partial charge is 0.326 e. The van der Waals surface area contributed by atoms with Gasteiger partial charge in [-0.2, -0.15) is 5.10 Å². The highest BCUT2D eigenvalue weighted by Crippen LogP contribution is 2.28. The van der Waals surface area contributed by atoms with Gasteiger partial charge >= 0.3 is 0 Å². The van der Waals surface area contributed by atoms with Crippen LogP contribution in [0, 0.1) is 0 Å². The minimum atomic E-state index is -2.84. The Morgan fingerprint density at radius 1 is 1.50 bits per heavy atom. The monoisotopic (exact) mass is 263 g/mol. The number of nitrogens with zero attached hydrogens (tertiary/aromatic N) is 2. The molecule has 0 saturated carbocycles. The molecule has 0 aromatic carbocycles. The molecule has 5 nitrogen and oxygen atoms in total. The molecule has 1 aromatic rings. The van der Waals surface area contributed by atoms with Crippen molar-refractivity contribution in [2.75, 3.05) is 11.5 Å². The zero-order valence-corrected chi connectivity index (χ0v) is 10.3. The van der Waals surface area contributed by atoms with Crippen LogP contribution in [0.1, 0.15) is 24.4 Å². The fourth-order valence-corrected chi connectivity index (χ4v) is 3.67. The maximum Gasteiger partial charge on any atom is 0.150 e. The minimum absolute atomic E-state index is 0.0799. The third-order valence-electron chi connectivity index (χ3n) is 2.89. The molecule has 0 unspecified atom stereocenters. The molecule has 0 bridgehead atoms. The van der Waals surface area contributed by atoms with Gasteiger partial charge in [0.1, 0.15) is 15.0 Å². The van der Waals surface area contributed by atoms with Gasteiger partial charge in [-0.05, 0) is 12.8 Å². The average Bonchev–Trinajstić information content (AvgIpc) is 2.60. The summed E-state index contributed by atoms with van der Waals surface area (Å²) >= 11 is 6.10. The molecule has 0 spiro atoms. The molecular weight excluding hydrogens is 250 g/mol. The second-order valence-electron chi connectivity index (χ2n) is 3.99. The van der Waals surface area contributed by atoms with E-state index in [4.69, 9.17) is 17.3 Å². The summed E-state index contributed by atoms with van der Waals surface area (Å²) in [5, 5.41) is 4.70. The van der Waals surface area contributed by atoms with E-state index in [0.717, 1.165) is 5.56 Å². The first-order valence-electron chi connectivity index (χ1n) is 5.16. The van der Waals surface area contributed by atoms with Crippen molar-refractivity contribution in [3.63, 3.8) is 0 Å². The Kier molecular flexibility index (Phi) is 3.23. The molecule has 1 aromatic heterocycles. The highest BCUT2D eigenvalue weighted by molar-refractivity contribution is 7.91. The van der Waals surface area contributed by atoms with Crippen LogP contribution in [0.3, 0.4) is 0 Å². The third-order valence-corrected chi connectivity index (χ3v) is 5.03. The highest BCUT2D eigenvalue weighted by Gasteiger charge is 2.26. The van der Waals surface area contributed by atoms with Gasteiger partial charge in [-0.3, -0.25) is 4.68 Å². The average molecular weight is 264 g/mol. The van der Waals surface area contributed by atoms with E-state index in [2.05, 4.69) is 5.10 Å². The van der Waals surface area contributed by atoms with E-state index in [-0.39, 0.29) is 17.5 Å². The fraction of sp³-hybridized carbons (Fsp3) is 0.667. The number of rotatable bonds is 2. The molecule has 16 heavy (non-hydrogen) atoms. The van der Waals surface area contributed by atoms with Crippen molar-refractivity contribution < 1.29 is 8.42 Å². The maximum absolute atomic E-state index is 11.3. The normalized spacial score (nSPS) is 21.1. The Morgan fingerprint density at radius 2 is 2.12 bits per heavy atom. The fourth-order valence-electron chi connectivity index (χ4n) is 1.90. The van der Waals surface area contributed by atoms with E-state index in [1.54, 1.807) is 10.9 Å². The van der Waals surface area contributed by atoms with Gasteiger partial charge < -0.3 is 5.73 Å². The Bertz CT molecular complexity index is 469. The Balaban J connectivity index is 2.17. The van der Waals surface area contributed by atoms with Gasteiger partial charge in [0.15, 0.2) is 0 Å². The molecule has 1 saturated heterocycles. The Morgan fingerprint density at radius 3 is 2.62 bits per heavy atom. The molecule has 2 N–H and O–H groups in total. The van der Waals surface area contributed by atoms with Crippen molar-refractivity contribution in [2.24, 2.45) is 5.73 Å². The molecule has 90 valence electrons. The molecule has 2 rings (SSSR count). The topological polar surface area (TPSA) is 78.0 Å². The second-order valence-corrected chi connectivity index (χ2v) is 6.65. The highest BCUT2D eigenvalue weighted by atomic mass is 35.5. The van der Waals surface area contributed by atoms with Crippen LogP contribution in [-0.4, -0.2) is 29.7 Å². The summed E-state index contributed by atoms with van der Waals surface area (Å²) in [7, 11) is -2.84. The molecule has 0 amide bonds. The Labute approximate surface area is 99.5 Å². The van der Waals surface area contributed by atoms with Crippen LogP contribution >= 0.6 is 11.6 Å². The van der Waals surface area contributed by atoms with Gasteiger partial charge in [0.05, 0.1) is 23.7 Å². The summed E-state index contributed by atoms with van der Waals surface area (Å²) in [4.78, 5) is 0. The van der Waals surface area contributed by atoms with Gasteiger partial charge in [-0.15, -0.1) is 0 Å². The molecular formula is C9H14ClN3O2S. The lowest BCUT2D eigenvalue weighted by atomic mass is 10.2. The first kappa shape index (κ1) is 11.9. The quantitative estimate of drug-likeness (QED) is 0.854. The van der Waals surface area contributed by atoms with Crippen molar-refractivity contribution >= 4 is 21.4 Å². The summed E-state index contributed by atoms with van der Waals surface area (Å²) in [6, 6.07) is 0.0799. The van der Waals surface area contributed by atoms with Crippen LogP contribution in [0.5, 0.6) is 0 Å². The molecule has 7 heteroatoms. The lowest BCUT2D eigenvalue weighted by molar-refractivity contribution is 0.414. The molecule has 1 aliphatic heterocycles. The zero-order chi connectivity index (χ0) is 11.8. The van der Waals surface area contributed by atoms with E-state index in [0.29, 0.717) is 24.5 Å². The molecule has 0 radical (unpaired) electrons. The van der Waals surface area contributed by atoms with E-state index < -0.39 is 9.84 Å². The summed E-state index contributed by atoms with van der Waals surface area (Å²) in [5.41, 5.74) is 6.30. The SMILES string of the molecule is NCc1cnn(C2CCS(=O)(=O)CC2)c1Cl. The van der Waals surface area contributed by atoms with Crippen LogP contribution in [-0.2, 0) is 16.4 Å². The van der Waals surface area contributed by atoms with Crippen LogP contribution < -0.4 is 5.73 Å². The van der Waals surface area contributed by atoms with Crippen LogP contribution in [0.25, 0.3) is 0 Å². The Hall–Kier alpha value is -0.590. The number of hydrogen-bond donors (Lipinski definition) is 1. The van der Waals surface area contributed by atoms with Gasteiger partial charge in [-0.1, -0.05) is 11.6 Å². The standard InChI is InChI=1S/C9H14ClN3O2S/c10-9-7(5-11)6-12-13(9)8-1-3-16(14,15)4-2-8/h6,8H,1-5,11H2. The summed E-state index contributed by atoms with van der Waals surface area (Å²) in [6.07, 6.45) is 2.80. The number of aromatic nitrogens is 2.